The first-order valence-electron chi connectivity index (χ1n) is 5.20. The Morgan fingerprint density at radius 2 is 1.19 bits per heavy atom. The van der Waals surface area contributed by atoms with E-state index in [9.17, 15) is 0 Å². The summed E-state index contributed by atoms with van der Waals surface area (Å²) in [5.41, 5.74) is 2.34. The molecule has 2 heteroatoms. The van der Waals surface area contributed by atoms with Crippen LogP contribution in [0.25, 0.3) is 0 Å². The average Bonchev–Trinajstić information content (AvgIpc) is 2.31. The Kier molecular flexibility index (Phi) is 3.55. The van der Waals surface area contributed by atoms with Crippen LogP contribution in [0.2, 0.25) is 0 Å². The predicted molar refractivity (Wildman–Crippen MR) is 71.5 cm³/mol. The zero-order valence-corrected chi connectivity index (χ0v) is 10.8. The first kappa shape index (κ1) is 11.1. The molecule has 0 bridgehead atoms. The van der Waals surface area contributed by atoms with Gasteiger partial charge in [0.25, 0.3) is 0 Å². The van der Waals surface area contributed by atoms with Gasteiger partial charge in [0, 0.05) is 0 Å². The fourth-order valence-electron chi connectivity index (χ4n) is 1.67. The summed E-state index contributed by atoms with van der Waals surface area (Å²) in [5, 5.41) is 0. The van der Waals surface area contributed by atoms with Gasteiger partial charge in [-0.05, 0) is 0 Å². The van der Waals surface area contributed by atoms with E-state index in [1.165, 1.54) is 11.4 Å². The van der Waals surface area contributed by atoms with Crippen molar-refractivity contribution in [3.05, 3.63) is 60.7 Å². The number of benzene rings is 2. The molecule has 16 heavy (non-hydrogen) atoms. The van der Waals surface area contributed by atoms with Crippen LogP contribution in [0.5, 0.6) is 0 Å². The third-order valence-electron chi connectivity index (χ3n) is 2.34. The van der Waals surface area contributed by atoms with Crippen LogP contribution < -0.4 is 4.90 Å². The zero-order chi connectivity index (χ0) is 11.4. The summed E-state index contributed by atoms with van der Waals surface area (Å²) in [4.78, 5) is 2.19. The molecular formula is C14H13NSe. The van der Waals surface area contributed by atoms with Crippen LogP contribution >= 0.6 is 0 Å². The third-order valence-corrected chi connectivity index (χ3v) is 2.73. The molecule has 0 atom stereocenters. The number of para-hydroxylation sites is 2. The molecule has 2 aromatic carbocycles. The van der Waals surface area contributed by atoms with Gasteiger partial charge in [-0.2, -0.15) is 0 Å². The molecule has 0 aliphatic carbocycles. The van der Waals surface area contributed by atoms with Crippen molar-refractivity contribution in [1.29, 1.82) is 0 Å². The van der Waals surface area contributed by atoms with Gasteiger partial charge in [-0.25, -0.2) is 0 Å². The van der Waals surface area contributed by atoms with Gasteiger partial charge >= 0.3 is 104 Å². The second kappa shape index (κ2) is 5.11. The van der Waals surface area contributed by atoms with Crippen LogP contribution in [0.4, 0.5) is 11.4 Å². The quantitative estimate of drug-likeness (QED) is 0.777. The van der Waals surface area contributed by atoms with Crippen molar-refractivity contribution in [2.45, 2.75) is 6.92 Å². The normalized spacial score (nSPS) is 9.81. The molecule has 80 valence electrons. The standard InChI is InChI=1S/C14H13NSe/c1-12(16)15(13-8-4-2-5-9-13)14-10-6-3-7-11-14/h2-11H,1H3. The summed E-state index contributed by atoms with van der Waals surface area (Å²) in [6.45, 7) is 2.07. The summed E-state index contributed by atoms with van der Waals surface area (Å²) in [7, 11) is 0. The van der Waals surface area contributed by atoms with Gasteiger partial charge in [0.05, 0.1) is 0 Å². The molecule has 0 aromatic heterocycles. The van der Waals surface area contributed by atoms with Crippen LogP contribution in [0, 0.1) is 0 Å². The average molecular weight is 274 g/mol. The molecule has 0 aliphatic heterocycles. The Labute approximate surface area is 104 Å². The van der Waals surface area contributed by atoms with Gasteiger partial charge in [0.1, 0.15) is 0 Å². The van der Waals surface area contributed by atoms with Gasteiger partial charge in [0.15, 0.2) is 0 Å². The van der Waals surface area contributed by atoms with Gasteiger partial charge in [0.2, 0.25) is 0 Å². The van der Waals surface area contributed by atoms with Gasteiger partial charge in [-0.15, -0.1) is 0 Å². The Balaban J connectivity index is 2.44. The molecule has 0 saturated carbocycles. The monoisotopic (exact) mass is 275 g/mol. The van der Waals surface area contributed by atoms with Crippen molar-refractivity contribution in [3.63, 3.8) is 0 Å². The van der Waals surface area contributed by atoms with Crippen molar-refractivity contribution >= 4 is 31.5 Å². The second-order valence-electron chi connectivity index (χ2n) is 3.53. The minimum absolute atomic E-state index is 1.14. The summed E-state index contributed by atoms with van der Waals surface area (Å²) in [5.74, 6) is 0. The Morgan fingerprint density at radius 3 is 1.50 bits per heavy atom. The molecule has 0 fully saturated rings. The number of anilines is 2. The SMILES string of the molecule is CC(=[Se])N(c1ccccc1)c1ccccc1. The van der Waals surface area contributed by atoms with Crippen LogP contribution in [-0.4, -0.2) is 20.1 Å². The molecule has 0 N–H and O–H groups in total. The second-order valence-corrected chi connectivity index (χ2v) is 4.77. The summed E-state index contributed by atoms with van der Waals surface area (Å²) >= 11 is 3.08. The number of rotatable bonds is 3. The molecular weight excluding hydrogens is 261 g/mol. The van der Waals surface area contributed by atoms with Crippen LogP contribution in [0.15, 0.2) is 60.7 Å². The number of nitrogens with zero attached hydrogens (tertiary/aromatic N) is 1. The van der Waals surface area contributed by atoms with Crippen molar-refractivity contribution in [3.8, 4) is 0 Å². The molecule has 0 spiro atoms. The van der Waals surface area contributed by atoms with Crippen LogP contribution in [-0.2, 0) is 0 Å². The topological polar surface area (TPSA) is 3.24 Å². The number of hydrogen-bond acceptors (Lipinski definition) is 1. The molecule has 2 aromatic rings. The van der Waals surface area contributed by atoms with E-state index < -0.39 is 0 Å². The predicted octanol–water partition coefficient (Wildman–Crippen LogP) is 3.14. The molecule has 1 nitrogen and oxygen atoms in total. The summed E-state index contributed by atoms with van der Waals surface area (Å²) in [6.07, 6.45) is 0. The van der Waals surface area contributed by atoms with Crippen LogP contribution in [0.3, 0.4) is 0 Å². The van der Waals surface area contributed by atoms with Crippen molar-refractivity contribution in [2.75, 3.05) is 4.90 Å². The molecule has 0 unspecified atom stereocenters. The van der Waals surface area contributed by atoms with E-state index in [0.29, 0.717) is 0 Å². The first-order chi connectivity index (χ1) is 7.79. The van der Waals surface area contributed by atoms with Gasteiger partial charge in [-0.1, -0.05) is 0 Å². The molecule has 0 heterocycles. The van der Waals surface area contributed by atoms with Crippen molar-refractivity contribution < 1.29 is 0 Å². The van der Waals surface area contributed by atoms with Gasteiger partial charge in [-0.3, -0.25) is 0 Å². The van der Waals surface area contributed by atoms with Gasteiger partial charge < -0.3 is 0 Å². The maximum absolute atomic E-state index is 3.08. The van der Waals surface area contributed by atoms with E-state index in [0.717, 1.165) is 4.54 Å². The Morgan fingerprint density at radius 1 is 0.812 bits per heavy atom. The molecule has 0 amide bonds. The molecule has 0 aliphatic rings. The van der Waals surface area contributed by atoms with E-state index in [1.807, 2.05) is 36.4 Å². The Bertz CT molecular complexity index is 425. The van der Waals surface area contributed by atoms with E-state index in [1.54, 1.807) is 0 Å². The summed E-state index contributed by atoms with van der Waals surface area (Å²) < 4.78 is 1.14. The van der Waals surface area contributed by atoms with E-state index in [-0.39, 0.29) is 0 Å². The first-order valence-corrected chi connectivity index (χ1v) is 6.05. The molecule has 0 radical (unpaired) electrons. The van der Waals surface area contributed by atoms with Crippen molar-refractivity contribution in [2.24, 2.45) is 0 Å². The summed E-state index contributed by atoms with van der Waals surface area (Å²) in [6, 6.07) is 20.7. The fourth-order valence-corrected chi connectivity index (χ4v) is 2.11. The zero-order valence-electron chi connectivity index (χ0n) is 9.13. The van der Waals surface area contributed by atoms with E-state index >= 15 is 0 Å². The van der Waals surface area contributed by atoms with E-state index in [2.05, 4.69) is 51.7 Å². The Hall–Kier alpha value is -1.37. The minimum atomic E-state index is 1.14. The number of hydrogen-bond donors (Lipinski definition) is 0. The van der Waals surface area contributed by atoms with Crippen molar-refractivity contribution in [1.82, 2.24) is 0 Å². The maximum atomic E-state index is 3.08. The van der Waals surface area contributed by atoms with Crippen LogP contribution in [0.1, 0.15) is 6.92 Å². The van der Waals surface area contributed by atoms with E-state index in [4.69, 9.17) is 0 Å². The third kappa shape index (κ3) is 2.41. The molecule has 0 saturated heterocycles. The fraction of sp³-hybridized carbons (Fsp3) is 0.0714. The molecule has 2 rings (SSSR count).